The molecule has 0 bridgehead atoms. The number of anilines is 1. The molecular weight excluding hydrogens is 330 g/mol. The van der Waals surface area contributed by atoms with Crippen molar-refractivity contribution in [3.63, 3.8) is 0 Å². The maximum atomic E-state index is 12.4. The van der Waals surface area contributed by atoms with Crippen LogP contribution in [0.25, 0.3) is 0 Å². The number of halogens is 1. The molecule has 108 valence electrons. The highest BCUT2D eigenvalue weighted by molar-refractivity contribution is 9.10. The summed E-state index contributed by atoms with van der Waals surface area (Å²) in [6.45, 7) is 2.43. The molecule has 1 N–H and O–H groups in total. The van der Waals surface area contributed by atoms with Crippen molar-refractivity contribution in [3.8, 4) is 5.75 Å². The van der Waals surface area contributed by atoms with Gasteiger partial charge in [0, 0.05) is 10.2 Å². The number of rotatable bonds is 2. The van der Waals surface area contributed by atoms with Gasteiger partial charge in [0.2, 0.25) is 5.91 Å². The second-order valence-corrected chi connectivity index (χ2v) is 6.13. The molecule has 2 aromatic carbocycles. The Morgan fingerprint density at radius 1 is 1.29 bits per heavy atom. The summed E-state index contributed by atoms with van der Waals surface area (Å²) in [6.07, 6.45) is 0.720. The van der Waals surface area contributed by atoms with Gasteiger partial charge in [0.15, 0.2) is 0 Å². The predicted octanol–water partition coefficient (Wildman–Crippen LogP) is 3.95. The van der Waals surface area contributed by atoms with E-state index in [9.17, 15) is 4.79 Å². The highest BCUT2D eigenvalue weighted by Gasteiger charge is 2.25. The van der Waals surface area contributed by atoms with Crippen molar-refractivity contribution in [1.29, 1.82) is 0 Å². The zero-order chi connectivity index (χ0) is 14.8. The first-order valence-corrected chi connectivity index (χ1v) is 7.70. The molecule has 0 saturated heterocycles. The van der Waals surface area contributed by atoms with Gasteiger partial charge in [0.25, 0.3) is 0 Å². The zero-order valence-corrected chi connectivity index (χ0v) is 13.3. The monoisotopic (exact) mass is 345 g/mol. The lowest BCUT2D eigenvalue weighted by Crippen LogP contribution is -2.32. The number of hydrogen-bond donors (Lipinski definition) is 1. The van der Waals surface area contributed by atoms with Crippen LogP contribution in [-0.4, -0.2) is 12.5 Å². The Hall–Kier alpha value is -1.81. The topological polar surface area (TPSA) is 38.3 Å². The van der Waals surface area contributed by atoms with E-state index in [2.05, 4.69) is 21.2 Å². The van der Waals surface area contributed by atoms with Gasteiger partial charge < -0.3 is 10.1 Å². The molecule has 21 heavy (non-hydrogen) atoms. The summed E-state index contributed by atoms with van der Waals surface area (Å²) in [5.41, 5.74) is 3.01. The lowest BCUT2D eigenvalue weighted by atomic mass is 9.96. The van der Waals surface area contributed by atoms with Gasteiger partial charge in [-0.05, 0) is 48.7 Å². The lowest BCUT2D eigenvalue weighted by molar-refractivity contribution is -0.121. The Morgan fingerprint density at radius 3 is 2.90 bits per heavy atom. The van der Waals surface area contributed by atoms with Crippen molar-refractivity contribution < 1.29 is 9.53 Å². The fraction of sp³-hybridized carbons (Fsp3) is 0.235. The fourth-order valence-electron chi connectivity index (χ4n) is 2.46. The van der Waals surface area contributed by atoms with E-state index in [4.69, 9.17) is 4.74 Å². The van der Waals surface area contributed by atoms with Crippen molar-refractivity contribution >= 4 is 27.5 Å². The highest BCUT2D eigenvalue weighted by atomic mass is 79.9. The minimum Gasteiger partial charge on any atom is -0.492 e. The molecule has 0 aromatic heterocycles. The molecular formula is C17H16BrNO2. The van der Waals surface area contributed by atoms with E-state index in [1.165, 1.54) is 0 Å². The van der Waals surface area contributed by atoms with Crippen LogP contribution < -0.4 is 10.1 Å². The maximum absolute atomic E-state index is 12.4. The number of benzene rings is 2. The first kappa shape index (κ1) is 14.1. The highest BCUT2D eigenvalue weighted by Crippen LogP contribution is 2.28. The number of fused-ring (bicyclic) bond motifs is 1. The average molecular weight is 346 g/mol. The summed E-state index contributed by atoms with van der Waals surface area (Å²) < 4.78 is 6.71. The van der Waals surface area contributed by atoms with E-state index in [0.29, 0.717) is 6.61 Å². The number of aryl methyl sites for hydroxylation is 1. The molecule has 3 rings (SSSR count). The van der Waals surface area contributed by atoms with Crippen molar-refractivity contribution in [3.05, 3.63) is 58.1 Å². The summed E-state index contributed by atoms with van der Waals surface area (Å²) in [6, 6.07) is 13.7. The number of para-hydroxylation sites is 1. The number of carbonyl (C=O) groups excluding carboxylic acids is 1. The second kappa shape index (κ2) is 5.90. The van der Waals surface area contributed by atoms with Crippen LogP contribution in [-0.2, 0) is 11.2 Å². The molecule has 1 amide bonds. The summed E-state index contributed by atoms with van der Waals surface area (Å²) in [5, 5.41) is 2.97. The van der Waals surface area contributed by atoms with Crippen LogP contribution in [0, 0.1) is 12.8 Å². The molecule has 0 radical (unpaired) electrons. The fourth-order valence-corrected chi connectivity index (χ4v) is 2.71. The smallest absolute Gasteiger partial charge is 0.231 e. The summed E-state index contributed by atoms with van der Waals surface area (Å²) in [4.78, 5) is 12.4. The van der Waals surface area contributed by atoms with Gasteiger partial charge >= 0.3 is 0 Å². The molecule has 4 heteroatoms. The van der Waals surface area contributed by atoms with Crippen LogP contribution in [0.4, 0.5) is 5.69 Å². The number of hydrogen-bond acceptors (Lipinski definition) is 2. The van der Waals surface area contributed by atoms with Crippen LogP contribution in [0.15, 0.2) is 46.9 Å². The first-order chi connectivity index (χ1) is 10.1. The van der Waals surface area contributed by atoms with Crippen LogP contribution in [0.1, 0.15) is 11.1 Å². The van der Waals surface area contributed by atoms with E-state index in [0.717, 1.165) is 33.5 Å². The summed E-state index contributed by atoms with van der Waals surface area (Å²) >= 11 is 3.46. The van der Waals surface area contributed by atoms with Crippen molar-refractivity contribution in [1.82, 2.24) is 0 Å². The SMILES string of the molecule is Cc1cc(NC(=O)C2COc3ccccc3C2)ccc1Br. The Balaban J connectivity index is 1.70. The Labute approximate surface area is 132 Å². The Bertz CT molecular complexity index is 684. The van der Waals surface area contributed by atoms with E-state index in [1.807, 2.05) is 49.4 Å². The minimum absolute atomic E-state index is 0.00576. The third-order valence-corrected chi connectivity index (χ3v) is 4.56. The molecule has 1 aliphatic rings. The number of nitrogens with one attached hydrogen (secondary N) is 1. The van der Waals surface area contributed by atoms with E-state index in [1.54, 1.807) is 0 Å². The van der Waals surface area contributed by atoms with E-state index < -0.39 is 0 Å². The zero-order valence-electron chi connectivity index (χ0n) is 11.7. The third-order valence-electron chi connectivity index (χ3n) is 3.68. The molecule has 0 saturated carbocycles. The lowest BCUT2D eigenvalue weighted by Gasteiger charge is -2.24. The number of carbonyl (C=O) groups is 1. The molecule has 0 aliphatic carbocycles. The van der Waals surface area contributed by atoms with Gasteiger partial charge in [0.05, 0.1) is 5.92 Å². The van der Waals surface area contributed by atoms with Gasteiger partial charge in [-0.2, -0.15) is 0 Å². The quantitative estimate of drug-likeness (QED) is 0.894. The maximum Gasteiger partial charge on any atom is 0.231 e. The van der Waals surface area contributed by atoms with Crippen LogP contribution in [0.5, 0.6) is 5.75 Å². The van der Waals surface area contributed by atoms with Gasteiger partial charge in [-0.25, -0.2) is 0 Å². The molecule has 1 aliphatic heterocycles. The van der Waals surface area contributed by atoms with Crippen LogP contribution in [0.3, 0.4) is 0 Å². The molecule has 1 heterocycles. The van der Waals surface area contributed by atoms with Gasteiger partial charge in [-0.1, -0.05) is 34.1 Å². The minimum atomic E-state index is -0.149. The molecule has 0 fully saturated rings. The van der Waals surface area contributed by atoms with E-state index in [-0.39, 0.29) is 11.8 Å². The predicted molar refractivity (Wildman–Crippen MR) is 86.6 cm³/mol. The molecule has 0 spiro atoms. The van der Waals surface area contributed by atoms with Crippen molar-refractivity contribution in [2.24, 2.45) is 5.92 Å². The van der Waals surface area contributed by atoms with Crippen LogP contribution >= 0.6 is 15.9 Å². The first-order valence-electron chi connectivity index (χ1n) is 6.91. The third kappa shape index (κ3) is 3.10. The largest absolute Gasteiger partial charge is 0.492 e. The van der Waals surface area contributed by atoms with Gasteiger partial charge in [-0.15, -0.1) is 0 Å². The van der Waals surface area contributed by atoms with E-state index >= 15 is 0 Å². The van der Waals surface area contributed by atoms with Gasteiger partial charge in [0.1, 0.15) is 12.4 Å². The molecule has 2 aromatic rings. The molecule has 3 nitrogen and oxygen atoms in total. The summed E-state index contributed by atoms with van der Waals surface area (Å²) in [7, 11) is 0. The average Bonchev–Trinajstić information content (AvgIpc) is 2.50. The number of amides is 1. The molecule has 1 unspecified atom stereocenters. The second-order valence-electron chi connectivity index (χ2n) is 5.27. The standard InChI is InChI=1S/C17H16BrNO2/c1-11-8-14(6-7-15(11)18)19-17(20)13-9-12-4-2-3-5-16(12)21-10-13/h2-8,13H,9-10H2,1H3,(H,19,20). The summed E-state index contributed by atoms with van der Waals surface area (Å²) in [5.74, 6) is 0.746. The van der Waals surface area contributed by atoms with Gasteiger partial charge in [-0.3, -0.25) is 4.79 Å². The Morgan fingerprint density at radius 2 is 2.10 bits per heavy atom. The normalized spacial score (nSPS) is 16.8. The van der Waals surface area contributed by atoms with Crippen LogP contribution in [0.2, 0.25) is 0 Å². The Kier molecular flexibility index (Phi) is 3.97. The van der Waals surface area contributed by atoms with Crippen molar-refractivity contribution in [2.75, 3.05) is 11.9 Å². The molecule has 1 atom stereocenters. The number of ether oxygens (including phenoxy) is 1. The van der Waals surface area contributed by atoms with Crippen molar-refractivity contribution in [2.45, 2.75) is 13.3 Å².